The number of hydrogen-bond acceptors (Lipinski definition) is 5. The third-order valence-corrected chi connectivity index (χ3v) is 5.70. The highest BCUT2D eigenvalue weighted by Crippen LogP contribution is 2.47. The minimum atomic E-state index is -1.07. The molecule has 1 fully saturated rings. The van der Waals surface area contributed by atoms with Gasteiger partial charge in [-0.2, -0.15) is 0 Å². The highest BCUT2D eigenvalue weighted by molar-refractivity contribution is 8.14. The van der Waals surface area contributed by atoms with Crippen molar-refractivity contribution in [3.63, 3.8) is 0 Å². The molecule has 1 aromatic rings. The summed E-state index contributed by atoms with van der Waals surface area (Å²) in [4.78, 5) is 36.9. The zero-order chi connectivity index (χ0) is 15.7. The lowest BCUT2D eigenvalue weighted by atomic mass is 10.1. The topological polar surface area (TPSA) is 74.7 Å². The lowest BCUT2D eigenvalue weighted by molar-refractivity contribution is -0.145. The van der Waals surface area contributed by atoms with Crippen LogP contribution < -0.4 is 0 Å². The number of amides is 1. The van der Waals surface area contributed by atoms with E-state index in [9.17, 15) is 19.5 Å². The van der Waals surface area contributed by atoms with Crippen LogP contribution in [0.15, 0.2) is 40.9 Å². The molecule has 2 aliphatic heterocycles. The van der Waals surface area contributed by atoms with E-state index in [0.29, 0.717) is 29.1 Å². The van der Waals surface area contributed by atoms with E-state index in [1.807, 2.05) is 18.2 Å². The zero-order valence-electron chi connectivity index (χ0n) is 11.5. The Morgan fingerprint density at radius 2 is 2.05 bits per heavy atom. The Hall–Kier alpha value is -1.73. The maximum atomic E-state index is 12.0. The minimum Gasteiger partial charge on any atom is -0.477 e. The third kappa shape index (κ3) is 2.78. The van der Waals surface area contributed by atoms with Gasteiger partial charge in [-0.25, -0.2) is 4.79 Å². The highest BCUT2D eigenvalue weighted by Gasteiger charge is 2.48. The van der Waals surface area contributed by atoms with Crippen molar-refractivity contribution in [1.29, 1.82) is 0 Å². The number of carbonyl (C=O) groups is 3. The Balaban J connectivity index is 1.61. The summed E-state index contributed by atoms with van der Waals surface area (Å²) in [7, 11) is 0. The van der Waals surface area contributed by atoms with Crippen LogP contribution >= 0.6 is 23.5 Å². The van der Waals surface area contributed by atoms with Crippen molar-refractivity contribution in [2.75, 3.05) is 5.75 Å². The van der Waals surface area contributed by atoms with Gasteiger partial charge in [0, 0.05) is 16.2 Å². The number of carboxylic acids is 1. The summed E-state index contributed by atoms with van der Waals surface area (Å²) >= 11 is 2.60. The van der Waals surface area contributed by atoms with Gasteiger partial charge in [-0.15, -0.1) is 11.8 Å². The number of benzene rings is 1. The van der Waals surface area contributed by atoms with Gasteiger partial charge in [-0.1, -0.05) is 42.1 Å². The van der Waals surface area contributed by atoms with E-state index in [1.165, 1.54) is 28.4 Å². The van der Waals surface area contributed by atoms with E-state index in [1.54, 1.807) is 12.1 Å². The first kappa shape index (κ1) is 15.2. The first-order valence-electron chi connectivity index (χ1n) is 6.75. The van der Waals surface area contributed by atoms with Crippen LogP contribution in [0.1, 0.15) is 23.2 Å². The van der Waals surface area contributed by atoms with Crippen LogP contribution in [-0.2, 0) is 9.59 Å². The molecule has 0 spiro atoms. The maximum absolute atomic E-state index is 12.0. The molecule has 0 radical (unpaired) electrons. The van der Waals surface area contributed by atoms with E-state index in [0.717, 1.165) is 0 Å². The molecule has 114 valence electrons. The van der Waals surface area contributed by atoms with Crippen molar-refractivity contribution in [3.8, 4) is 0 Å². The van der Waals surface area contributed by atoms with E-state index in [4.69, 9.17) is 0 Å². The van der Waals surface area contributed by atoms with Crippen molar-refractivity contribution >= 4 is 40.5 Å². The summed E-state index contributed by atoms with van der Waals surface area (Å²) in [5.41, 5.74) is 0.733. The molecule has 1 saturated heterocycles. The van der Waals surface area contributed by atoms with Gasteiger partial charge >= 0.3 is 5.97 Å². The number of allylic oxidation sites excluding steroid dienone is 1. The molecule has 0 aliphatic carbocycles. The molecule has 1 aromatic carbocycles. The fourth-order valence-electron chi connectivity index (χ4n) is 2.40. The van der Waals surface area contributed by atoms with E-state index < -0.39 is 5.97 Å². The van der Waals surface area contributed by atoms with E-state index in [-0.39, 0.29) is 22.1 Å². The highest BCUT2D eigenvalue weighted by atomic mass is 32.2. The smallest absolute Gasteiger partial charge is 0.353 e. The molecule has 0 unspecified atom stereocenters. The van der Waals surface area contributed by atoms with Crippen LogP contribution in [0.5, 0.6) is 0 Å². The predicted molar refractivity (Wildman–Crippen MR) is 85.4 cm³/mol. The predicted octanol–water partition coefficient (Wildman–Crippen LogP) is 2.55. The number of nitrogens with zero attached hydrogens (tertiary/aromatic N) is 1. The lowest BCUT2D eigenvalue weighted by Gasteiger charge is -2.33. The standard InChI is InChI=1S/C15H13NO4S2/c17-11-8-12-16(11)13(14(18)19)10(22-12)6-7-21-15(20)9-4-2-1-3-5-9/h1-5,12H,6-8H2,(H,18,19)/t12-/m1/s1. The zero-order valence-corrected chi connectivity index (χ0v) is 13.2. The molecule has 1 N–H and O–H groups in total. The second-order valence-electron chi connectivity index (χ2n) is 4.87. The second kappa shape index (κ2) is 6.18. The number of fused-ring (bicyclic) bond motifs is 1. The minimum absolute atomic E-state index is 0.0274. The molecule has 0 saturated carbocycles. The molecular formula is C15H13NO4S2. The SMILES string of the molecule is O=C(O)C1=C(CCSC(=O)c2ccccc2)S[C@@H]2CC(=O)N12. The number of β-lactam (4-membered cyclic amide) rings is 1. The van der Waals surface area contributed by atoms with Crippen LogP contribution in [0, 0.1) is 0 Å². The Kier molecular flexibility index (Phi) is 4.26. The summed E-state index contributed by atoms with van der Waals surface area (Å²) in [6.07, 6.45) is 0.872. The molecular weight excluding hydrogens is 322 g/mol. The molecule has 5 nitrogen and oxygen atoms in total. The Labute approximate surface area is 135 Å². The molecule has 2 aliphatic rings. The fraction of sp³-hybridized carbons (Fsp3) is 0.267. The van der Waals surface area contributed by atoms with Crippen molar-refractivity contribution in [1.82, 2.24) is 4.90 Å². The summed E-state index contributed by atoms with van der Waals surface area (Å²) in [5.74, 6) is -0.711. The third-order valence-electron chi connectivity index (χ3n) is 3.46. The van der Waals surface area contributed by atoms with Gasteiger partial charge in [-0.3, -0.25) is 14.5 Å². The number of rotatable bonds is 5. The number of carboxylic acid groups (broad SMARTS) is 1. The molecule has 0 bridgehead atoms. The second-order valence-corrected chi connectivity index (χ2v) is 7.21. The molecule has 3 rings (SSSR count). The maximum Gasteiger partial charge on any atom is 0.353 e. The number of aliphatic carboxylic acids is 1. The Morgan fingerprint density at radius 3 is 2.68 bits per heavy atom. The molecule has 1 atom stereocenters. The van der Waals surface area contributed by atoms with Crippen LogP contribution in [-0.4, -0.2) is 38.1 Å². The van der Waals surface area contributed by atoms with E-state index in [2.05, 4.69) is 0 Å². The van der Waals surface area contributed by atoms with Gasteiger partial charge in [0.05, 0.1) is 11.8 Å². The first-order valence-corrected chi connectivity index (χ1v) is 8.62. The molecule has 7 heteroatoms. The van der Waals surface area contributed by atoms with Gasteiger partial charge in [0.2, 0.25) is 11.0 Å². The average Bonchev–Trinajstić information content (AvgIpc) is 2.80. The molecule has 22 heavy (non-hydrogen) atoms. The number of thioether (sulfide) groups is 2. The van der Waals surface area contributed by atoms with Gasteiger partial charge in [0.15, 0.2) is 0 Å². The van der Waals surface area contributed by atoms with Crippen LogP contribution in [0.2, 0.25) is 0 Å². The summed E-state index contributed by atoms with van der Waals surface area (Å²) in [6, 6.07) is 8.98. The normalized spacial score (nSPS) is 19.9. The van der Waals surface area contributed by atoms with Crippen molar-refractivity contribution in [2.45, 2.75) is 18.2 Å². The Morgan fingerprint density at radius 1 is 1.32 bits per heavy atom. The number of hydrogen-bond donors (Lipinski definition) is 1. The van der Waals surface area contributed by atoms with Gasteiger partial charge in [-0.05, 0) is 6.42 Å². The summed E-state index contributed by atoms with van der Waals surface area (Å²) < 4.78 is 0. The Bertz CT molecular complexity index is 671. The molecule has 0 aromatic heterocycles. The van der Waals surface area contributed by atoms with Crippen molar-refractivity contribution in [3.05, 3.63) is 46.5 Å². The average molecular weight is 335 g/mol. The van der Waals surface area contributed by atoms with Crippen LogP contribution in [0.25, 0.3) is 0 Å². The van der Waals surface area contributed by atoms with Crippen molar-refractivity contribution < 1.29 is 19.5 Å². The lowest BCUT2D eigenvalue weighted by Crippen LogP contribution is -2.48. The molecule has 2 heterocycles. The fourth-order valence-corrected chi connectivity index (χ4v) is 4.72. The first-order chi connectivity index (χ1) is 10.6. The summed E-state index contributed by atoms with van der Waals surface area (Å²) in [6.45, 7) is 0. The molecule has 1 amide bonds. The van der Waals surface area contributed by atoms with Crippen molar-refractivity contribution in [2.24, 2.45) is 0 Å². The number of carbonyl (C=O) groups excluding carboxylic acids is 2. The monoisotopic (exact) mass is 335 g/mol. The van der Waals surface area contributed by atoms with Gasteiger partial charge < -0.3 is 5.11 Å². The van der Waals surface area contributed by atoms with Gasteiger partial charge in [0.1, 0.15) is 5.70 Å². The van der Waals surface area contributed by atoms with Gasteiger partial charge in [0.25, 0.3) is 0 Å². The quantitative estimate of drug-likeness (QED) is 0.834. The van der Waals surface area contributed by atoms with Crippen LogP contribution in [0.4, 0.5) is 0 Å². The van der Waals surface area contributed by atoms with E-state index >= 15 is 0 Å². The van der Waals surface area contributed by atoms with Crippen LogP contribution in [0.3, 0.4) is 0 Å². The largest absolute Gasteiger partial charge is 0.477 e. The summed E-state index contributed by atoms with van der Waals surface area (Å²) in [5, 5.41) is 9.18.